The molecule has 110 valence electrons. The molecule has 0 saturated carbocycles. The molecule has 3 heteroatoms. The lowest BCUT2D eigenvalue weighted by molar-refractivity contribution is 0.101. The maximum absolute atomic E-state index is 12.2. The first kappa shape index (κ1) is 14.7. The maximum atomic E-state index is 12.2. The average molecular weight is 308 g/mol. The van der Waals surface area contributed by atoms with E-state index in [0.717, 1.165) is 22.5 Å². The van der Waals surface area contributed by atoms with Crippen molar-refractivity contribution in [1.29, 1.82) is 0 Å². The number of rotatable bonds is 4. The van der Waals surface area contributed by atoms with Crippen LogP contribution in [0.2, 0.25) is 0 Å². The molecule has 0 aliphatic rings. The first-order chi connectivity index (χ1) is 10.7. The van der Waals surface area contributed by atoms with E-state index in [1.807, 2.05) is 66.9 Å². The molecule has 3 aromatic rings. The quantitative estimate of drug-likeness (QED) is 0.468. The van der Waals surface area contributed by atoms with Gasteiger partial charge in [-0.3, -0.25) is 4.79 Å². The van der Waals surface area contributed by atoms with Crippen LogP contribution in [-0.4, -0.2) is 12.0 Å². The fraction of sp³-hybridized carbons (Fsp3) is 0.105. The molecule has 0 unspecified atom stereocenters. The Morgan fingerprint density at radius 1 is 0.909 bits per heavy atom. The van der Waals surface area contributed by atoms with Gasteiger partial charge < -0.3 is 4.42 Å². The van der Waals surface area contributed by atoms with Crippen LogP contribution in [0.4, 0.5) is 0 Å². The van der Waals surface area contributed by atoms with Gasteiger partial charge in [0.15, 0.2) is 10.9 Å². The SMILES string of the molecule is CSc1oc(-c2ccccc2)c(-c2ccccc2)c1C(C)=O. The van der Waals surface area contributed by atoms with E-state index in [4.69, 9.17) is 4.42 Å². The van der Waals surface area contributed by atoms with Gasteiger partial charge in [-0.05, 0) is 18.7 Å². The largest absolute Gasteiger partial charge is 0.448 e. The summed E-state index contributed by atoms with van der Waals surface area (Å²) in [5.74, 6) is 0.774. The Hall–Kier alpha value is -2.26. The number of thioether (sulfide) groups is 1. The minimum Gasteiger partial charge on any atom is -0.448 e. The van der Waals surface area contributed by atoms with Crippen molar-refractivity contribution in [3.63, 3.8) is 0 Å². The number of hydrogen-bond acceptors (Lipinski definition) is 3. The van der Waals surface area contributed by atoms with E-state index in [-0.39, 0.29) is 5.78 Å². The van der Waals surface area contributed by atoms with Crippen LogP contribution >= 0.6 is 11.8 Å². The number of ketones is 1. The molecule has 0 saturated heterocycles. The van der Waals surface area contributed by atoms with Crippen molar-refractivity contribution in [3.8, 4) is 22.5 Å². The van der Waals surface area contributed by atoms with Crippen LogP contribution in [0.3, 0.4) is 0 Å². The number of benzene rings is 2. The second-order valence-corrected chi connectivity index (χ2v) is 5.74. The van der Waals surface area contributed by atoms with Gasteiger partial charge in [0, 0.05) is 11.1 Å². The van der Waals surface area contributed by atoms with Gasteiger partial charge in [-0.15, -0.1) is 0 Å². The van der Waals surface area contributed by atoms with Crippen LogP contribution < -0.4 is 0 Å². The molecule has 0 aliphatic heterocycles. The van der Waals surface area contributed by atoms with E-state index in [1.165, 1.54) is 11.8 Å². The molecule has 0 radical (unpaired) electrons. The third-order valence-electron chi connectivity index (χ3n) is 3.51. The molecule has 2 nitrogen and oxygen atoms in total. The highest BCUT2D eigenvalue weighted by atomic mass is 32.2. The third-order valence-corrected chi connectivity index (χ3v) is 4.17. The number of hydrogen-bond donors (Lipinski definition) is 0. The summed E-state index contributed by atoms with van der Waals surface area (Å²) in [6.07, 6.45) is 1.93. The monoisotopic (exact) mass is 308 g/mol. The molecule has 3 rings (SSSR count). The number of carbonyl (C=O) groups is 1. The molecule has 0 bridgehead atoms. The summed E-state index contributed by atoms with van der Waals surface area (Å²) in [6.45, 7) is 1.59. The van der Waals surface area contributed by atoms with Gasteiger partial charge in [0.2, 0.25) is 0 Å². The van der Waals surface area contributed by atoms with Crippen molar-refractivity contribution in [3.05, 3.63) is 66.2 Å². The summed E-state index contributed by atoms with van der Waals surface area (Å²) in [5.41, 5.74) is 3.51. The van der Waals surface area contributed by atoms with E-state index in [9.17, 15) is 4.79 Å². The second kappa shape index (κ2) is 6.24. The highest BCUT2D eigenvalue weighted by Gasteiger charge is 2.24. The molecular formula is C19H16O2S. The number of carbonyl (C=O) groups excluding carboxylic acids is 1. The molecule has 0 amide bonds. The smallest absolute Gasteiger partial charge is 0.172 e. The lowest BCUT2D eigenvalue weighted by Crippen LogP contribution is -1.95. The Bertz CT molecular complexity index is 789. The summed E-state index contributed by atoms with van der Waals surface area (Å²) in [5, 5.41) is 0.671. The van der Waals surface area contributed by atoms with Gasteiger partial charge >= 0.3 is 0 Å². The normalized spacial score (nSPS) is 10.6. The maximum Gasteiger partial charge on any atom is 0.172 e. The zero-order chi connectivity index (χ0) is 15.5. The Morgan fingerprint density at radius 3 is 1.95 bits per heavy atom. The molecule has 0 fully saturated rings. The Balaban J connectivity index is 2.33. The summed E-state index contributed by atoms with van der Waals surface area (Å²) < 4.78 is 6.04. The Morgan fingerprint density at radius 2 is 1.45 bits per heavy atom. The zero-order valence-electron chi connectivity index (χ0n) is 12.5. The van der Waals surface area contributed by atoms with Gasteiger partial charge in [-0.2, -0.15) is 0 Å². The molecule has 1 heterocycles. The Kier molecular flexibility index (Phi) is 4.16. The van der Waals surface area contributed by atoms with E-state index in [1.54, 1.807) is 6.92 Å². The standard InChI is InChI=1S/C19H16O2S/c1-13(20)16-17(14-9-5-3-6-10-14)18(21-19(16)22-2)15-11-7-4-8-12-15/h3-12H,1-2H3. The number of Topliss-reactive ketones (excluding diaryl/α,β-unsaturated/α-hetero) is 1. The predicted octanol–water partition coefficient (Wildman–Crippen LogP) is 5.54. The molecule has 0 atom stereocenters. The van der Waals surface area contributed by atoms with E-state index in [0.29, 0.717) is 10.7 Å². The van der Waals surface area contributed by atoms with Crippen LogP contribution in [0.15, 0.2) is 70.2 Å². The fourth-order valence-corrected chi connectivity index (χ4v) is 3.16. The molecule has 22 heavy (non-hydrogen) atoms. The van der Waals surface area contributed by atoms with E-state index in [2.05, 4.69) is 0 Å². The fourth-order valence-electron chi connectivity index (χ4n) is 2.55. The summed E-state index contributed by atoms with van der Waals surface area (Å²) in [6, 6.07) is 19.8. The first-order valence-electron chi connectivity index (χ1n) is 7.05. The zero-order valence-corrected chi connectivity index (χ0v) is 13.3. The predicted molar refractivity (Wildman–Crippen MR) is 91.4 cm³/mol. The molecule has 0 aliphatic carbocycles. The molecular weight excluding hydrogens is 292 g/mol. The highest BCUT2D eigenvalue weighted by molar-refractivity contribution is 7.98. The van der Waals surface area contributed by atoms with Crippen molar-refractivity contribution in [2.45, 2.75) is 12.0 Å². The summed E-state index contributed by atoms with van der Waals surface area (Å²) in [7, 11) is 0. The highest BCUT2D eigenvalue weighted by Crippen LogP contribution is 2.42. The summed E-state index contributed by atoms with van der Waals surface area (Å²) >= 11 is 1.46. The minimum atomic E-state index is 0.0223. The van der Waals surface area contributed by atoms with Crippen molar-refractivity contribution in [2.75, 3.05) is 6.26 Å². The van der Waals surface area contributed by atoms with Crippen LogP contribution in [0, 0.1) is 0 Å². The average Bonchev–Trinajstić information content (AvgIpc) is 2.96. The van der Waals surface area contributed by atoms with E-state index >= 15 is 0 Å². The molecule has 0 N–H and O–H groups in total. The number of furan rings is 1. The van der Waals surface area contributed by atoms with E-state index < -0.39 is 0 Å². The van der Waals surface area contributed by atoms with Crippen LogP contribution in [0.1, 0.15) is 17.3 Å². The molecule has 1 aromatic heterocycles. The Labute approximate surface area is 134 Å². The lowest BCUT2D eigenvalue weighted by atomic mass is 9.97. The van der Waals surface area contributed by atoms with Crippen molar-refractivity contribution >= 4 is 17.5 Å². The van der Waals surface area contributed by atoms with Gasteiger partial charge in [-0.1, -0.05) is 72.4 Å². The van der Waals surface area contributed by atoms with Gasteiger partial charge in [-0.25, -0.2) is 0 Å². The molecule has 0 spiro atoms. The second-order valence-electron chi connectivity index (χ2n) is 4.96. The third kappa shape index (κ3) is 2.60. The lowest BCUT2D eigenvalue weighted by Gasteiger charge is -2.05. The first-order valence-corrected chi connectivity index (χ1v) is 8.27. The van der Waals surface area contributed by atoms with Gasteiger partial charge in [0.1, 0.15) is 5.76 Å². The topological polar surface area (TPSA) is 30.2 Å². The van der Waals surface area contributed by atoms with Crippen LogP contribution in [0.5, 0.6) is 0 Å². The van der Waals surface area contributed by atoms with Crippen LogP contribution in [0.25, 0.3) is 22.5 Å². The van der Waals surface area contributed by atoms with Crippen molar-refractivity contribution in [2.24, 2.45) is 0 Å². The van der Waals surface area contributed by atoms with Crippen molar-refractivity contribution < 1.29 is 9.21 Å². The summed E-state index contributed by atoms with van der Waals surface area (Å²) in [4.78, 5) is 12.2. The van der Waals surface area contributed by atoms with Crippen molar-refractivity contribution in [1.82, 2.24) is 0 Å². The van der Waals surface area contributed by atoms with Gasteiger partial charge in [0.05, 0.1) is 5.56 Å². The molecule has 2 aromatic carbocycles. The van der Waals surface area contributed by atoms with Crippen LogP contribution in [-0.2, 0) is 0 Å². The van der Waals surface area contributed by atoms with Gasteiger partial charge in [0.25, 0.3) is 0 Å². The minimum absolute atomic E-state index is 0.0223.